The quantitative estimate of drug-likeness (QED) is 0.384. The van der Waals surface area contributed by atoms with Gasteiger partial charge < -0.3 is 20.1 Å². The molecule has 0 fully saturated rings. The Hall–Kier alpha value is -4.46. The van der Waals surface area contributed by atoms with Gasteiger partial charge in [-0.25, -0.2) is 4.98 Å². The number of carbonyl (C=O) groups excluding carboxylic acids is 2. The molecule has 8 heteroatoms. The van der Waals surface area contributed by atoms with E-state index in [4.69, 9.17) is 0 Å². The van der Waals surface area contributed by atoms with Gasteiger partial charge in [0.2, 0.25) is 0 Å². The molecule has 1 heterocycles. The van der Waals surface area contributed by atoms with Crippen molar-refractivity contribution < 1.29 is 24.6 Å². The predicted molar refractivity (Wildman–Crippen MR) is 118 cm³/mol. The molecule has 4 aromatic rings. The molecule has 3 aromatic carbocycles. The highest BCUT2D eigenvalue weighted by atomic mass is 16.4. The normalized spacial score (nSPS) is 11.8. The van der Waals surface area contributed by atoms with E-state index in [2.05, 4.69) is 10.3 Å². The van der Waals surface area contributed by atoms with Gasteiger partial charge in [0.25, 0.3) is 5.91 Å². The van der Waals surface area contributed by atoms with E-state index in [0.29, 0.717) is 23.0 Å². The van der Waals surface area contributed by atoms with Gasteiger partial charge >= 0.3 is 5.97 Å². The first kappa shape index (κ1) is 20.8. The zero-order valence-corrected chi connectivity index (χ0v) is 16.8. The number of aromatic nitrogens is 2. The van der Waals surface area contributed by atoms with Crippen LogP contribution in [0, 0.1) is 0 Å². The Morgan fingerprint density at radius 2 is 1.84 bits per heavy atom. The molecule has 0 saturated heterocycles. The molecule has 0 aliphatic carbocycles. The molecule has 1 aromatic heterocycles. The number of amides is 1. The first-order valence-corrected chi connectivity index (χ1v) is 9.79. The van der Waals surface area contributed by atoms with Crippen LogP contribution in [-0.2, 0) is 4.79 Å². The van der Waals surface area contributed by atoms with E-state index in [0.717, 1.165) is 5.56 Å². The first-order valence-electron chi connectivity index (χ1n) is 9.79. The van der Waals surface area contributed by atoms with Crippen molar-refractivity contribution in [1.29, 1.82) is 0 Å². The number of aliphatic carboxylic acids is 1. The van der Waals surface area contributed by atoms with Crippen LogP contribution in [-0.4, -0.2) is 37.9 Å². The molecule has 1 atom stereocenters. The van der Waals surface area contributed by atoms with E-state index in [-0.39, 0.29) is 23.3 Å². The zero-order valence-electron chi connectivity index (χ0n) is 16.8. The average molecular weight is 429 g/mol. The number of anilines is 1. The standard InChI is InChI=1S/C24H19N3O5/c28-13-15-6-9-22(29)18(10-15)24(32)26-17-7-8-19-21(11-17)27(14-25-19)20(12-23(30)31)16-4-2-1-3-5-16/h1-11,13-14,20,29H,12H2,(H,26,32)(H,30,31). The maximum absolute atomic E-state index is 12.7. The second-order valence-corrected chi connectivity index (χ2v) is 7.23. The second-order valence-electron chi connectivity index (χ2n) is 7.23. The third kappa shape index (κ3) is 4.20. The fourth-order valence-electron chi connectivity index (χ4n) is 3.58. The van der Waals surface area contributed by atoms with Crippen molar-refractivity contribution in [3.8, 4) is 5.75 Å². The molecule has 1 unspecified atom stereocenters. The first-order chi connectivity index (χ1) is 15.5. The Morgan fingerprint density at radius 1 is 1.06 bits per heavy atom. The number of carboxylic acid groups (broad SMARTS) is 1. The van der Waals surface area contributed by atoms with Crippen LogP contribution < -0.4 is 5.32 Å². The van der Waals surface area contributed by atoms with Crippen molar-refractivity contribution in [3.63, 3.8) is 0 Å². The minimum atomic E-state index is -0.948. The van der Waals surface area contributed by atoms with Crippen LogP contribution in [0.2, 0.25) is 0 Å². The summed E-state index contributed by atoms with van der Waals surface area (Å²) in [4.78, 5) is 39.6. The number of carbonyl (C=O) groups is 3. The summed E-state index contributed by atoms with van der Waals surface area (Å²) in [7, 11) is 0. The monoisotopic (exact) mass is 429 g/mol. The number of hydrogen-bond acceptors (Lipinski definition) is 5. The molecule has 1 amide bonds. The van der Waals surface area contributed by atoms with Crippen LogP contribution in [0.25, 0.3) is 11.0 Å². The lowest BCUT2D eigenvalue weighted by Gasteiger charge is -2.18. The molecule has 0 radical (unpaired) electrons. The summed E-state index contributed by atoms with van der Waals surface area (Å²) in [6.45, 7) is 0. The van der Waals surface area contributed by atoms with E-state index in [1.165, 1.54) is 18.2 Å². The van der Waals surface area contributed by atoms with Crippen LogP contribution in [0.4, 0.5) is 5.69 Å². The Morgan fingerprint density at radius 3 is 2.56 bits per heavy atom. The number of rotatable bonds is 7. The number of benzene rings is 3. The molecule has 32 heavy (non-hydrogen) atoms. The van der Waals surface area contributed by atoms with Gasteiger partial charge in [0.1, 0.15) is 12.0 Å². The molecule has 0 spiro atoms. The highest BCUT2D eigenvalue weighted by molar-refractivity contribution is 6.07. The number of nitrogens with zero attached hydrogens (tertiary/aromatic N) is 2. The van der Waals surface area contributed by atoms with Gasteiger partial charge in [-0.05, 0) is 42.0 Å². The number of imidazole rings is 1. The lowest BCUT2D eigenvalue weighted by atomic mass is 10.0. The van der Waals surface area contributed by atoms with Gasteiger partial charge in [-0.2, -0.15) is 0 Å². The van der Waals surface area contributed by atoms with Gasteiger partial charge in [-0.3, -0.25) is 14.4 Å². The Labute approximate surface area is 182 Å². The largest absolute Gasteiger partial charge is 0.507 e. The predicted octanol–water partition coefficient (Wildman–Crippen LogP) is 3.87. The highest BCUT2D eigenvalue weighted by Gasteiger charge is 2.20. The fraction of sp³-hybridized carbons (Fsp3) is 0.0833. The van der Waals surface area contributed by atoms with Gasteiger partial charge in [0.05, 0.1) is 35.4 Å². The minimum absolute atomic E-state index is 0.0313. The lowest BCUT2D eigenvalue weighted by molar-refractivity contribution is -0.137. The molecular formula is C24H19N3O5. The van der Waals surface area contributed by atoms with Gasteiger partial charge in [-0.15, -0.1) is 0 Å². The SMILES string of the molecule is O=Cc1ccc(O)c(C(=O)Nc2ccc3ncn(C(CC(=O)O)c4ccccc4)c3c2)c1. The third-order valence-electron chi connectivity index (χ3n) is 5.12. The van der Waals surface area contributed by atoms with Crippen LogP contribution in [0.15, 0.2) is 73.1 Å². The fourth-order valence-corrected chi connectivity index (χ4v) is 3.58. The Bertz CT molecular complexity index is 1310. The van der Waals surface area contributed by atoms with Crippen LogP contribution in [0.5, 0.6) is 5.75 Å². The lowest BCUT2D eigenvalue weighted by Crippen LogP contribution is -2.15. The van der Waals surface area contributed by atoms with Crippen molar-refractivity contribution in [3.05, 3.63) is 89.7 Å². The smallest absolute Gasteiger partial charge is 0.305 e. The van der Waals surface area contributed by atoms with Gasteiger partial charge in [0.15, 0.2) is 0 Å². The van der Waals surface area contributed by atoms with E-state index in [1.807, 2.05) is 30.3 Å². The molecule has 160 valence electrons. The molecule has 0 aliphatic rings. The number of phenols is 1. The summed E-state index contributed by atoms with van der Waals surface area (Å²) in [5.74, 6) is -1.78. The maximum atomic E-state index is 12.7. The summed E-state index contributed by atoms with van der Waals surface area (Å²) in [5, 5.41) is 22.1. The molecule has 8 nitrogen and oxygen atoms in total. The molecule has 0 saturated carbocycles. The van der Waals surface area contributed by atoms with E-state index in [1.54, 1.807) is 29.1 Å². The topological polar surface area (TPSA) is 122 Å². The number of carboxylic acids is 1. The summed E-state index contributed by atoms with van der Waals surface area (Å²) >= 11 is 0. The summed E-state index contributed by atoms with van der Waals surface area (Å²) < 4.78 is 1.76. The molecule has 0 bridgehead atoms. The van der Waals surface area contributed by atoms with Crippen molar-refractivity contribution in [1.82, 2.24) is 9.55 Å². The number of aldehydes is 1. The number of aromatic hydroxyl groups is 1. The second kappa shape index (κ2) is 8.73. The number of hydrogen-bond donors (Lipinski definition) is 3. The van der Waals surface area contributed by atoms with Crippen molar-refractivity contribution in [2.75, 3.05) is 5.32 Å². The van der Waals surface area contributed by atoms with Crippen LogP contribution in [0.1, 0.15) is 38.7 Å². The van der Waals surface area contributed by atoms with E-state index in [9.17, 15) is 24.6 Å². The van der Waals surface area contributed by atoms with Crippen molar-refractivity contribution >= 4 is 34.9 Å². The Balaban J connectivity index is 1.70. The molecular weight excluding hydrogens is 410 g/mol. The van der Waals surface area contributed by atoms with Gasteiger partial charge in [0, 0.05) is 11.3 Å². The van der Waals surface area contributed by atoms with Crippen molar-refractivity contribution in [2.45, 2.75) is 12.5 Å². The average Bonchev–Trinajstić information content (AvgIpc) is 3.21. The zero-order chi connectivity index (χ0) is 22.7. The summed E-state index contributed by atoms with van der Waals surface area (Å²) in [6, 6.07) is 17.8. The molecule has 4 rings (SSSR count). The number of fused-ring (bicyclic) bond motifs is 1. The summed E-state index contributed by atoms with van der Waals surface area (Å²) in [6.07, 6.45) is 2.03. The number of nitrogens with one attached hydrogen (secondary N) is 1. The maximum Gasteiger partial charge on any atom is 0.305 e. The molecule has 3 N–H and O–H groups in total. The number of phenolic OH excluding ortho intramolecular Hbond substituents is 1. The van der Waals surface area contributed by atoms with E-state index < -0.39 is 17.9 Å². The van der Waals surface area contributed by atoms with Crippen LogP contribution >= 0.6 is 0 Å². The summed E-state index contributed by atoms with van der Waals surface area (Å²) in [5.41, 5.74) is 2.77. The van der Waals surface area contributed by atoms with Gasteiger partial charge in [-0.1, -0.05) is 30.3 Å². The Kier molecular flexibility index (Phi) is 5.67. The third-order valence-corrected chi connectivity index (χ3v) is 5.12. The van der Waals surface area contributed by atoms with Crippen LogP contribution in [0.3, 0.4) is 0 Å². The molecule has 0 aliphatic heterocycles. The highest BCUT2D eigenvalue weighted by Crippen LogP contribution is 2.28. The van der Waals surface area contributed by atoms with E-state index >= 15 is 0 Å². The minimum Gasteiger partial charge on any atom is -0.507 e. The van der Waals surface area contributed by atoms with Crippen molar-refractivity contribution in [2.24, 2.45) is 0 Å².